The molecule has 0 aliphatic heterocycles. The monoisotopic (exact) mass is 531 g/mol. The Hall–Kier alpha value is -2.47. The number of hydrogen-bond donors (Lipinski definition) is 1. The van der Waals surface area contributed by atoms with Crippen molar-refractivity contribution >= 4 is 46.4 Å². The van der Waals surface area contributed by atoms with Crippen LogP contribution in [0.1, 0.15) is 39.9 Å². The number of carbonyl (C=O) groups excluding carboxylic acids is 1. The van der Waals surface area contributed by atoms with Gasteiger partial charge in [0.05, 0.1) is 11.5 Å². The summed E-state index contributed by atoms with van der Waals surface area (Å²) in [6.07, 6.45) is -3.35. The lowest BCUT2D eigenvalue weighted by Gasteiger charge is -2.17. The maximum atomic E-state index is 13.4. The van der Waals surface area contributed by atoms with Crippen LogP contribution in [-0.2, 0) is 11.4 Å². The normalized spacial score (nSPS) is 15.9. The molecule has 1 N–H and O–H groups in total. The van der Waals surface area contributed by atoms with Crippen LogP contribution in [0.4, 0.5) is 13.2 Å². The highest BCUT2D eigenvalue weighted by Gasteiger charge is 2.44. The molecule has 1 aliphatic rings. The predicted octanol–water partition coefficient (Wildman–Crippen LogP) is 6.43. The largest absolute Gasteiger partial charge is 0.410 e. The average Bonchev–Trinajstić information content (AvgIpc) is 3.54. The number of rotatable bonds is 8. The molecule has 0 heterocycles. The third kappa shape index (κ3) is 6.56. The summed E-state index contributed by atoms with van der Waals surface area (Å²) in [6.45, 7) is 1.61. The van der Waals surface area contributed by atoms with Crippen molar-refractivity contribution in [1.29, 1.82) is 5.26 Å². The fraction of sp³-hybridized carbons (Fsp3) is 0.348. The van der Waals surface area contributed by atoms with Crippen LogP contribution in [0.25, 0.3) is 0 Å². The molecule has 1 atom stereocenters. The zero-order valence-corrected chi connectivity index (χ0v) is 20.1. The molecule has 0 spiro atoms. The van der Waals surface area contributed by atoms with E-state index < -0.39 is 28.6 Å². The van der Waals surface area contributed by atoms with Gasteiger partial charge in [0, 0.05) is 27.7 Å². The Balaban J connectivity index is 1.81. The van der Waals surface area contributed by atoms with E-state index in [4.69, 9.17) is 44.9 Å². The van der Waals surface area contributed by atoms with Crippen molar-refractivity contribution in [3.8, 4) is 6.07 Å². The number of nitrogens with one attached hydrogen (secondary N) is 1. The molecule has 0 saturated heterocycles. The highest BCUT2D eigenvalue weighted by molar-refractivity contribution is 6.36. The number of hydrogen-bond acceptors (Lipinski definition) is 4. The van der Waals surface area contributed by atoms with Gasteiger partial charge in [0.2, 0.25) is 0 Å². The van der Waals surface area contributed by atoms with E-state index >= 15 is 0 Å². The van der Waals surface area contributed by atoms with Crippen LogP contribution in [0.5, 0.6) is 0 Å². The van der Waals surface area contributed by atoms with Gasteiger partial charge in [-0.1, -0.05) is 34.4 Å². The Morgan fingerprint density at radius 3 is 2.41 bits per heavy atom. The van der Waals surface area contributed by atoms with Gasteiger partial charge in [0.15, 0.2) is 5.38 Å². The zero-order valence-electron chi connectivity index (χ0n) is 17.8. The minimum absolute atomic E-state index is 0.0474. The van der Waals surface area contributed by atoms with E-state index in [1.165, 1.54) is 24.3 Å². The molecule has 11 heteroatoms. The first-order valence-electron chi connectivity index (χ1n) is 10.1. The predicted molar refractivity (Wildman–Crippen MR) is 124 cm³/mol. The van der Waals surface area contributed by atoms with Crippen molar-refractivity contribution in [2.45, 2.75) is 37.9 Å². The molecule has 1 saturated carbocycles. The molecule has 2 aromatic carbocycles. The number of oxime groups is 1. The number of benzene rings is 2. The molecule has 3 rings (SSSR count). The first-order valence-corrected chi connectivity index (χ1v) is 11.3. The van der Waals surface area contributed by atoms with E-state index in [1.807, 2.05) is 0 Å². The molecule has 5 nitrogen and oxygen atoms in total. The third-order valence-corrected chi connectivity index (χ3v) is 6.18. The Kier molecular flexibility index (Phi) is 8.02. The summed E-state index contributed by atoms with van der Waals surface area (Å²) in [5, 5.41) is 13.7. The van der Waals surface area contributed by atoms with E-state index in [2.05, 4.69) is 16.5 Å². The fourth-order valence-electron chi connectivity index (χ4n) is 3.17. The van der Waals surface area contributed by atoms with Gasteiger partial charge in [-0.2, -0.15) is 18.4 Å². The van der Waals surface area contributed by atoms with Crippen LogP contribution >= 0.6 is 34.8 Å². The van der Waals surface area contributed by atoms with E-state index in [0.717, 1.165) is 12.8 Å². The van der Waals surface area contributed by atoms with Crippen molar-refractivity contribution < 1.29 is 22.8 Å². The highest BCUT2D eigenvalue weighted by Crippen LogP contribution is 2.44. The van der Waals surface area contributed by atoms with E-state index in [-0.39, 0.29) is 24.3 Å². The number of carbonyl (C=O) groups is 1. The molecule has 0 radical (unpaired) electrons. The molecular formula is C23H19Cl3F3N3O2. The van der Waals surface area contributed by atoms with Gasteiger partial charge in [-0.15, -0.1) is 11.6 Å². The second-order valence-corrected chi connectivity index (χ2v) is 9.35. The SMILES string of the molecule is Cc1cc(/C(=N/OCc2cc(Cl)cc(Cl)c2)[C@H](Cl)C(F)(F)F)ccc1C(=O)NCC1(C#N)CC1. The van der Waals surface area contributed by atoms with Crippen LogP contribution in [0.3, 0.4) is 0 Å². The summed E-state index contributed by atoms with van der Waals surface area (Å²) in [5.41, 5.74) is 0.159. The number of alkyl halides is 4. The van der Waals surface area contributed by atoms with Gasteiger partial charge >= 0.3 is 6.18 Å². The summed E-state index contributed by atoms with van der Waals surface area (Å²) in [5.74, 6) is -0.420. The molecule has 1 fully saturated rings. The zero-order chi connectivity index (χ0) is 25.1. The molecule has 1 aliphatic carbocycles. The summed E-state index contributed by atoms with van der Waals surface area (Å²) in [7, 11) is 0. The van der Waals surface area contributed by atoms with Crippen molar-refractivity contribution in [3.05, 3.63) is 68.7 Å². The molecule has 0 bridgehead atoms. The molecular weight excluding hydrogens is 514 g/mol. The first-order chi connectivity index (χ1) is 15.9. The Morgan fingerprint density at radius 1 is 1.24 bits per heavy atom. The average molecular weight is 533 g/mol. The third-order valence-electron chi connectivity index (χ3n) is 5.29. The van der Waals surface area contributed by atoms with Gasteiger partial charge in [-0.25, -0.2) is 0 Å². The van der Waals surface area contributed by atoms with E-state index in [9.17, 15) is 18.0 Å². The Labute approximate surface area is 209 Å². The van der Waals surface area contributed by atoms with Crippen molar-refractivity contribution in [1.82, 2.24) is 5.32 Å². The fourth-order valence-corrected chi connectivity index (χ4v) is 3.91. The maximum absolute atomic E-state index is 13.4. The van der Waals surface area contributed by atoms with Crippen LogP contribution in [0, 0.1) is 23.7 Å². The van der Waals surface area contributed by atoms with Gasteiger partial charge in [0.25, 0.3) is 5.91 Å². The van der Waals surface area contributed by atoms with Gasteiger partial charge in [-0.3, -0.25) is 4.79 Å². The van der Waals surface area contributed by atoms with E-state index in [1.54, 1.807) is 19.1 Å². The summed E-state index contributed by atoms with van der Waals surface area (Å²) in [4.78, 5) is 17.7. The minimum atomic E-state index is -4.79. The number of halogens is 6. The van der Waals surface area contributed by atoms with Crippen molar-refractivity contribution in [3.63, 3.8) is 0 Å². The molecule has 1 amide bonds. The quantitative estimate of drug-likeness (QED) is 0.242. The Bertz CT molecular complexity index is 1140. The van der Waals surface area contributed by atoms with Gasteiger partial charge < -0.3 is 10.2 Å². The lowest BCUT2D eigenvalue weighted by molar-refractivity contribution is -0.118. The number of amides is 1. The molecule has 0 unspecified atom stereocenters. The van der Waals surface area contributed by atoms with Gasteiger partial charge in [-0.05, 0) is 61.2 Å². The lowest BCUT2D eigenvalue weighted by atomic mass is 9.99. The number of nitrogens with zero attached hydrogens (tertiary/aromatic N) is 2. The van der Waals surface area contributed by atoms with Crippen LogP contribution < -0.4 is 5.32 Å². The molecule has 34 heavy (non-hydrogen) atoms. The van der Waals surface area contributed by atoms with Crippen LogP contribution in [-0.4, -0.2) is 29.7 Å². The number of nitriles is 1. The van der Waals surface area contributed by atoms with Crippen molar-refractivity contribution in [2.75, 3.05) is 6.54 Å². The number of aryl methyl sites for hydroxylation is 1. The molecule has 180 valence electrons. The maximum Gasteiger partial charge on any atom is 0.410 e. The Morgan fingerprint density at radius 2 is 1.88 bits per heavy atom. The van der Waals surface area contributed by atoms with Gasteiger partial charge in [0.1, 0.15) is 12.3 Å². The lowest BCUT2D eigenvalue weighted by Crippen LogP contribution is -2.33. The molecule has 0 aromatic heterocycles. The van der Waals surface area contributed by atoms with E-state index in [0.29, 0.717) is 21.2 Å². The van der Waals surface area contributed by atoms with Crippen LogP contribution in [0.15, 0.2) is 41.6 Å². The van der Waals surface area contributed by atoms with Crippen molar-refractivity contribution in [2.24, 2.45) is 10.6 Å². The minimum Gasteiger partial charge on any atom is -0.391 e. The summed E-state index contributed by atoms with van der Waals surface area (Å²) < 4.78 is 40.2. The first kappa shape index (κ1) is 26.1. The topological polar surface area (TPSA) is 74.5 Å². The second kappa shape index (κ2) is 10.4. The standard InChI is InChI=1S/C23H19Cl3F3N3O2/c1-13-6-15(2-3-18(13)21(33)31-12-22(11-30)4-5-22)19(20(26)23(27,28)29)32-34-10-14-7-16(24)9-17(25)8-14/h2-3,6-9,20H,4-5,10,12H2,1H3,(H,31,33)/b32-19-/t20-/m0/s1. The smallest absolute Gasteiger partial charge is 0.391 e. The molecule has 2 aromatic rings. The van der Waals surface area contributed by atoms with Crippen LogP contribution in [0.2, 0.25) is 10.0 Å². The second-order valence-electron chi connectivity index (χ2n) is 8.04. The summed E-state index contributed by atoms with van der Waals surface area (Å²) >= 11 is 17.5. The summed E-state index contributed by atoms with van der Waals surface area (Å²) in [6, 6.07) is 10.9. The highest BCUT2D eigenvalue weighted by atomic mass is 35.5.